The summed E-state index contributed by atoms with van der Waals surface area (Å²) in [6.45, 7) is 4.68. The molecule has 1 fully saturated rings. The fourth-order valence-corrected chi connectivity index (χ4v) is 2.76. The van der Waals surface area contributed by atoms with Gasteiger partial charge in [0.15, 0.2) is 0 Å². The van der Waals surface area contributed by atoms with Gasteiger partial charge in [0.05, 0.1) is 6.04 Å². The lowest BCUT2D eigenvalue weighted by atomic mass is 10.0. The standard InChI is InChI=1S/C15H21BrN2O2/c1-10(17)9-14-7-8-18(15(19)20-14)11(2)12-3-5-13(16)6-4-12/h3-6,10-11,14H,7-9,17H2,1-2H3. The quantitative estimate of drug-likeness (QED) is 0.913. The van der Waals surface area contributed by atoms with E-state index < -0.39 is 0 Å². The average molecular weight is 341 g/mol. The zero-order valence-electron chi connectivity index (χ0n) is 11.9. The molecule has 2 rings (SSSR count). The van der Waals surface area contributed by atoms with Gasteiger partial charge in [-0.15, -0.1) is 0 Å². The van der Waals surface area contributed by atoms with E-state index in [2.05, 4.69) is 15.9 Å². The van der Waals surface area contributed by atoms with Crippen LogP contribution in [0.25, 0.3) is 0 Å². The van der Waals surface area contributed by atoms with E-state index >= 15 is 0 Å². The first-order valence-electron chi connectivity index (χ1n) is 6.95. The molecule has 2 N–H and O–H groups in total. The minimum absolute atomic E-state index is 0.0202. The fraction of sp³-hybridized carbons (Fsp3) is 0.533. The SMILES string of the molecule is CC(N)CC1CCN(C(C)c2ccc(Br)cc2)C(=O)O1. The zero-order valence-corrected chi connectivity index (χ0v) is 13.5. The maximum atomic E-state index is 12.1. The molecule has 0 aliphatic carbocycles. The second-order valence-corrected chi connectivity index (χ2v) is 6.34. The Morgan fingerprint density at radius 2 is 2.05 bits per heavy atom. The number of benzene rings is 1. The van der Waals surface area contributed by atoms with Crippen molar-refractivity contribution in [2.45, 2.75) is 44.9 Å². The Morgan fingerprint density at radius 3 is 2.60 bits per heavy atom. The lowest BCUT2D eigenvalue weighted by molar-refractivity contribution is 0.00814. The van der Waals surface area contributed by atoms with Crippen LogP contribution in [0.15, 0.2) is 28.7 Å². The van der Waals surface area contributed by atoms with E-state index in [9.17, 15) is 4.79 Å². The van der Waals surface area contributed by atoms with E-state index in [-0.39, 0.29) is 24.3 Å². The predicted octanol–water partition coefficient (Wildman–Crippen LogP) is 3.46. The molecule has 20 heavy (non-hydrogen) atoms. The van der Waals surface area contributed by atoms with Gasteiger partial charge in [-0.2, -0.15) is 0 Å². The normalized spacial score (nSPS) is 22.3. The van der Waals surface area contributed by atoms with Gasteiger partial charge >= 0.3 is 6.09 Å². The van der Waals surface area contributed by atoms with Crippen molar-refractivity contribution in [3.05, 3.63) is 34.3 Å². The van der Waals surface area contributed by atoms with Gasteiger partial charge in [-0.1, -0.05) is 28.1 Å². The van der Waals surface area contributed by atoms with Crippen LogP contribution in [0.2, 0.25) is 0 Å². The van der Waals surface area contributed by atoms with E-state index in [1.165, 1.54) is 0 Å². The first-order valence-corrected chi connectivity index (χ1v) is 7.75. The number of rotatable bonds is 4. The number of halogens is 1. The van der Waals surface area contributed by atoms with Crippen molar-refractivity contribution in [1.29, 1.82) is 0 Å². The van der Waals surface area contributed by atoms with Crippen LogP contribution in [-0.2, 0) is 4.74 Å². The molecule has 5 heteroatoms. The molecule has 0 aromatic heterocycles. The van der Waals surface area contributed by atoms with Crippen LogP contribution in [-0.4, -0.2) is 29.7 Å². The molecule has 0 spiro atoms. The zero-order chi connectivity index (χ0) is 14.7. The predicted molar refractivity (Wildman–Crippen MR) is 82.4 cm³/mol. The van der Waals surface area contributed by atoms with E-state index in [4.69, 9.17) is 10.5 Å². The molecule has 1 aliphatic heterocycles. The number of nitrogens with zero attached hydrogens (tertiary/aromatic N) is 1. The highest BCUT2D eigenvalue weighted by molar-refractivity contribution is 9.10. The first-order chi connectivity index (χ1) is 9.47. The van der Waals surface area contributed by atoms with Crippen molar-refractivity contribution in [3.63, 3.8) is 0 Å². The molecule has 0 bridgehead atoms. The number of ether oxygens (including phenoxy) is 1. The lowest BCUT2D eigenvalue weighted by Crippen LogP contribution is -2.44. The minimum Gasteiger partial charge on any atom is -0.446 e. The monoisotopic (exact) mass is 340 g/mol. The summed E-state index contributed by atoms with van der Waals surface area (Å²) in [7, 11) is 0. The van der Waals surface area contributed by atoms with Gasteiger partial charge in [0.25, 0.3) is 0 Å². The summed E-state index contributed by atoms with van der Waals surface area (Å²) in [5.74, 6) is 0. The number of hydrogen-bond acceptors (Lipinski definition) is 3. The van der Waals surface area contributed by atoms with Gasteiger partial charge in [-0.05, 0) is 38.0 Å². The molecule has 4 nitrogen and oxygen atoms in total. The fourth-order valence-electron chi connectivity index (χ4n) is 2.50. The number of amides is 1. The Labute approximate surface area is 128 Å². The topological polar surface area (TPSA) is 55.6 Å². The summed E-state index contributed by atoms with van der Waals surface area (Å²) in [6.07, 6.45) is 1.29. The second-order valence-electron chi connectivity index (χ2n) is 5.43. The lowest BCUT2D eigenvalue weighted by Gasteiger charge is -2.36. The van der Waals surface area contributed by atoms with Crippen molar-refractivity contribution in [1.82, 2.24) is 4.90 Å². The molecule has 1 aromatic carbocycles. The second kappa shape index (κ2) is 6.59. The average Bonchev–Trinajstić information content (AvgIpc) is 2.38. The van der Waals surface area contributed by atoms with Crippen molar-refractivity contribution in [2.75, 3.05) is 6.54 Å². The van der Waals surface area contributed by atoms with E-state index in [0.717, 1.165) is 22.9 Å². The van der Waals surface area contributed by atoms with E-state index in [1.54, 1.807) is 4.90 Å². The van der Waals surface area contributed by atoms with Gasteiger partial charge in [0, 0.05) is 23.5 Å². The Bertz CT molecular complexity index is 461. The van der Waals surface area contributed by atoms with Gasteiger partial charge in [-0.25, -0.2) is 4.79 Å². The van der Waals surface area contributed by atoms with Crippen LogP contribution in [0.3, 0.4) is 0 Å². The summed E-state index contributed by atoms with van der Waals surface area (Å²) in [5, 5.41) is 0. The van der Waals surface area contributed by atoms with Crippen LogP contribution in [0, 0.1) is 0 Å². The highest BCUT2D eigenvalue weighted by Crippen LogP contribution is 2.27. The van der Waals surface area contributed by atoms with Crippen LogP contribution in [0.5, 0.6) is 0 Å². The molecule has 1 saturated heterocycles. The third-order valence-electron chi connectivity index (χ3n) is 3.65. The molecule has 110 valence electrons. The largest absolute Gasteiger partial charge is 0.446 e. The summed E-state index contributed by atoms with van der Waals surface area (Å²) < 4.78 is 6.51. The number of carbonyl (C=O) groups excluding carboxylic acids is 1. The van der Waals surface area contributed by atoms with Crippen molar-refractivity contribution in [2.24, 2.45) is 5.73 Å². The molecule has 3 atom stereocenters. The maximum Gasteiger partial charge on any atom is 0.410 e. The first kappa shape index (κ1) is 15.3. The Balaban J connectivity index is 2.00. The van der Waals surface area contributed by atoms with Crippen molar-refractivity contribution >= 4 is 22.0 Å². The summed E-state index contributed by atoms with van der Waals surface area (Å²) in [6, 6.07) is 8.10. The van der Waals surface area contributed by atoms with Gasteiger partial charge in [-0.3, -0.25) is 0 Å². The Kier molecular flexibility index (Phi) is 5.05. The van der Waals surface area contributed by atoms with Crippen LogP contribution in [0.1, 0.15) is 38.3 Å². The molecule has 0 saturated carbocycles. The summed E-state index contributed by atoms with van der Waals surface area (Å²) >= 11 is 3.42. The summed E-state index contributed by atoms with van der Waals surface area (Å²) in [4.78, 5) is 13.9. The molecular weight excluding hydrogens is 320 g/mol. The molecular formula is C15H21BrN2O2. The van der Waals surface area contributed by atoms with Gasteiger partial charge < -0.3 is 15.4 Å². The number of hydrogen-bond donors (Lipinski definition) is 1. The smallest absolute Gasteiger partial charge is 0.410 e. The number of nitrogens with two attached hydrogens (primary N) is 1. The van der Waals surface area contributed by atoms with Crippen LogP contribution in [0.4, 0.5) is 4.79 Å². The maximum absolute atomic E-state index is 12.1. The highest BCUT2D eigenvalue weighted by Gasteiger charge is 2.31. The molecule has 1 aromatic rings. The van der Waals surface area contributed by atoms with Gasteiger partial charge in [0.1, 0.15) is 6.10 Å². The van der Waals surface area contributed by atoms with E-state index in [1.807, 2.05) is 38.1 Å². The molecule has 1 amide bonds. The molecule has 3 unspecified atom stereocenters. The third-order valence-corrected chi connectivity index (χ3v) is 4.18. The molecule has 0 radical (unpaired) electrons. The van der Waals surface area contributed by atoms with Gasteiger partial charge in [0.2, 0.25) is 0 Å². The third kappa shape index (κ3) is 3.73. The molecule has 1 aliphatic rings. The highest BCUT2D eigenvalue weighted by atomic mass is 79.9. The van der Waals surface area contributed by atoms with Crippen LogP contribution >= 0.6 is 15.9 Å². The Hall–Kier alpha value is -1.07. The summed E-state index contributed by atoms with van der Waals surface area (Å²) in [5.41, 5.74) is 6.87. The number of carbonyl (C=O) groups is 1. The minimum atomic E-state index is -0.239. The van der Waals surface area contributed by atoms with Crippen molar-refractivity contribution in [3.8, 4) is 0 Å². The van der Waals surface area contributed by atoms with E-state index in [0.29, 0.717) is 6.54 Å². The molecule has 1 heterocycles. The Morgan fingerprint density at radius 1 is 1.40 bits per heavy atom. The van der Waals surface area contributed by atoms with Crippen molar-refractivity contribution < 1.29 is 9.53 Å². The van der Waals surface area contributed by atoms with Crippen LogP contribution < -0.4 is 5.73 Å². The number of cyclic esters (lactones) is 1.